The highest BCUT2D eigenvalue weighted by Gasteiger charge is 2.12. The molecule has 7 nitrogen and oxygen atoms in total. The highest BCUT2D eigenvalue weighted by atomic mass is 32.2. The number of nitrogens with zero attached hydrogens (tertiary/aromatic N) is 3. The molecular formula is C13H14N4O3S. The van der Waals surface area contributed by atoms with E-state index in [4.69, 9.17) is 4.74 Å². The van der Waals surface area contributed by atoms with E-state index in [1.807, 2.05) is 6.26 Å². The third kappa shape index (κ3) is 3.60. The zero-order valence-electron chi connectivity index (χ0n) is 11.8. The number of anilines is 1. The molecule has 0 unspecified atom stereocenters. The van der Waals surface area contributed by atoms with E-state index in [2.05, 4.69) is 15.3 Å². The maximum Gasteiger partial charge on any atom is 0.272 e. The minimum atomic E-state index is -0.422. The minimum absolute atomic E-state index is 0.0609. The van der Waals surface area contributed by atoms with Gasteiger partial charge in [-0.3, -0.25) is 10.1 Å². The van der Waals surface area contributed by atoms with Gasteiger partial charge in [0.05, 0.1) is 4.92 Å². The maximum atomic E-state index is 10.8. The molecule has 1 N–H and O–H groups in total. The van der Waals surface area contributed by atoms with Gasteiger partial charge in [-0.05, 0) is 25.3 Å². The Labute approximate surface area is 125 Å². The quantitative estimate of drug-likeness (QED) is 0.392. The van der Waals surface area contributed by atoms with E-state index in [1.54, 1.807) is 32.2 Å². The third-order valence-corrected chi connectivity index (χ3v) is 3.26. The molecule has 0 spiro atoms. The number of nitrogens with one attached hydrogen (secondary N) is 1. The number of nitro benzene ring substituents is 1. The summed E-state index contributed by atoms with van der Waals surface area (Å²) < 4.78 is 5.65. The largest absolute Gasteiger partial charge is 0.439 e. The number of aromatic nitrogens is 2. The highest BCUT2D eigenvalue weighted by molar-refractivity contribution is 7.98. The van der Waals surface area contributed by atoms with E-state index in [-0.39, 0.29) is 5.69 Å². The van der Waals surface area contributed by atoms with Gasteiger partial charge in [-0.1, -0.05) is 11.8 Å². The van der Waals surface area contributed by atoms with E-state index >= 15 is 0 Å². The fourth-order valence-electron chi connectivity index (χ4n) is 1.69. The van der Waals surface area contributed by atoms with Crippen molar-refractivity contribution in [2.45, 2.75) is 12.1 Å². The normalized spacial score (nSPS) is 10.2. The van der Waals surface area contributed by atoms with E-state index in [0.29, 0.717) is 28.2 Å². The molecule has 21 heavy (non-hydrogen) atoms. The first-order valence-corrected chi connectivity index (χ1v) is 7.29. The van der Waals surface area contributed by atoms with Gasteiger partial charge in [-0.2, -0.15) is 4.98 Å². The molecule has 1 aromatic carbocycles. The number of benzene rings is 1. The zero-order chi connectivity index (χ0) is 15.4. The van der Waals surface area contributed by atoms with Crippen LogP contribution < -0.4 is 10.1 Å². The molecule has 2 rings (SSSR count). The van der Waals surface area contributed by atoms with E-state index in [9.17, 15) is 10.1 Å². The summed E-state index contributed by atoms with van der Waals surface area (Å²) in [6, 6.07) is 6.24. The second-order valence-corrected chi connectivity index (χ2v) is 4.91. The summed E-state index contributed by atoms with van der Waals surface area (Å²) in [5, 5.41) is 14.3. The molecule has 0 radical (unpaired) electrons. The van der Waals surface area contributed by atoms with E-state index in [0.717, 1.165) is 0 Å². The average Bonchev–Trinajstić information content (AvgIpc) is 2.46. The molecule has 110 valence electrons. The molecular weight excluding hydrogens is 292 g/mol. The summed E-state index contributed by atoms with van der Waals surface area (Å²) in [4.78, 5) is 18.8. The van der Waals surface area contributed by atoms with Crippen LogP contribution in [-0.4, -0.2) is 28.2 Å². The lowest BCUT2D eigenvalue weighted by atomic mass is 10.2. The van der Waals surface area contributed by atoms with Gasteiger partial charge < -0.3 is 10.1 Å². The van der Waals surface area contributed by atoms with Crippen LogP contribution in [0, 0.1) is 17.0 Å². The fraction of sp³-hybridized carbons (Fsp3) is 0.231. The molecule has 0 atom stereocenters. The molecule has 1 aromatic heterocycles. The van der Waals surface area contributed by atoms with E-state index < -0.39 is 4.92 Å². The monoisotopic (exact) mass is 306 g/mol. The molecule has 2 aromatic rings. The Kier molecular flexibility index (Phi) is 4.59. The second-order valence-electron chi connectivity index (χ2n) is 4.14. The summed E-state index contributed by atoms with van der Waals surface area (Å²) >= 11 is 1.40. The molecule has 0 saturated heterocycles. The molecule has 0 aliphatic heterocycles. The first-order chi connectivity index (χ1) is 10.0. The molecule has 0 fully saturated rings. The van der Waals surface area contributed by atoms with Crippen molar-refractivity contribution in [2.24, 2.45) is 0 Å². The third-order valence-electron chi connectivity index (χ3n) is 2.71. The fourth-order valence-corrected chi connectivity index (χ4v) is 2.06. The van der Waals surface area contributed by atoms with Crippen molar-refractivity contribution in [2.75, 3.05) is 18.6 Å². The summed E-state index contributed by atoms with van der Waals surface area (Å²) in [7, 11) is 1.76. The van der Waals surface area contributed by atoms with Gasteiger partial charge in [0.1, 0.15) is 11.6 Å². The topological polar surface area (TPSA) is 90.2 Å². The Bertz CT molecular complexity index is 656. The maximum absolute atomic E-state index is 10.8. The van der Waals surface area contributed by atoms with Gasteiger partial charge in [0, 0.05) is 24.7 Å². The lowest BCUT2D eigenvalue weighted by molar-refractivity contribution is -0.385. The zero-order valence-corrected chi connectivity index (χ0v) is 12.6. The Morgan fingerprint density at radius 1 is 1.33 bits per heavy atom. The van der Waals surface area contributed by atoms with Gasteiger partial charge in [0.2, 0.25) is 5.88 Å². The Hall–Kier alpha value is -2.35. The molecule has 0 bridgehead atoms. The lowest BCUT2D eigenvalue weighted by Gasteiger charge is -2.08. The molecule has 0 aliphatic carbocycles. The second kappa shape index (κ2) is 6.40. The van der Waals surface area contributed by atoms with Crippen molar-refractivity contribution in [1.29, 1.82) is 0 Å². The standard InChI is InChI=1S/C13H14N4O3S/c1-8-6-9(4-5-10(8)17(18)19)20-12-7-11(14-2)15-13(16-12)21-3/h4-7H,1-3H3,(H,14,15,16). The number of thioether (sulfide) groups is 1. The number of nitro groups is 1. The Balaban J connectivity index is 2.29. The smallest absolute Gasteiger partial charge is 0.272 e. The van der Waals surface area contributed by atoms with Crippen LogP contribution >= 0.6 is 11.8 Å². The van der Waals surface area contributed by atoms with E-state index in [1.165, 1.54) is 17.8 Å². The summed E-state index contributed by atoms with van der Waals surface area (Å²) in [5.41, 5.74) is 0.594. The summed E-state index contributed by atoms with van der Waals surface area (Å²) in [6.45, 7) is 1.66. The highest BCUT2D eigenvalue weighted by Crippen LogP contribution is 2.28. The van der Waals surface area contributed by atoms with Crippen LogP contribution in [0.4, 0.5) is 11.5 Å². The molecule has 1 heterocycles. The molecule has 8 heteroatoms. The van der Waals surface area contributed by atoms with Crippen LogP contribution in [0.1, 0.15) is 5.56 Å². The number of hydrogen-bond acceptors (Lipinski definition) is 7. The van der Waals surface area contributed by atoms with Crippen LogP contribution in [0.2, 0.25) is 0 Å². The first-order valence-electron chi connectivity index (χ1n) is 6.07. The van der Waals surface area contributed by atoms with Gasteiger partial charge in [0.25, 0.3) is 5.69 Å². The first kappa shape index (κ1) is 15.0. The lowest BCUT2D eigenvalue weighted by Crippen LogP contribution is -1.98. The van der Waals surface area contributed by atoms with Crippen molar-refractivity contribution in [3.8, 4) is 11.6 Å². The molecule has 0 aliphatic rings. The molecule has 0 amide bonds. The van der Waals surface area contributed by atoms with Crippen LogP contribution in [0.5, 0.6) is 11.6 Å². The van der Waals surface area contributed by atoms with Gasteiger partial charge in [-0.25, -0.2) is 4.98 Å². The van der Waals surface area contributed by atoms with Gasteiger partial charge in [-0.15, -0.1) is 0 Å². The Morgan fingerprint density at radius 2 is 2.10 bits per heavy atom. The van der Waals surface area contributed by atoms with Crippen molar-refractivity contribution in [1.82, 2.24) is 9.97 Å². The predicted molar refractivity (Wildman–Crippen MR) is 81.3 cm³/mol. The van der Waals surface area contributed by atoms with Crippen molar-refractivity contribution in [3.63, 3.8) is 0 Å². The summed E-state index contributed by atoms with van der Waals surface area (Å²) in [6.07, 6.45) is 1.87. The number of rotatable bonds is 5. The molecule has 0 saturated carbocycles. The van der Waals surface area contributed by atoms with Crippen molar-refractivity contribution >= 4 is 23.3 Å². The number of hydrogen-bond donors (Lipinski definition) is 1. The SMILES string of the molecule is CNc1cc(Oc2ccc([N+](=O)[O-])c(C)c2)nc(SC)n1. The summed E-state index contributed by atoms with van der Waals surface area (Å²) in [5.74, 6) is 1.51. The van der Waals surface area contributed by atoms with Crippen LogP contribution in [-0.2, 0) is 0 Å². The average molecular weight is 306 g/mol. The number of aryl methyl sites for hydroxylation is 1. The number of ether oxygens (including phenoxy) is 1. The van der Waals surface area contributed by atoms with Gasteiger partial charge in [0.15, 0.2) is 5.16 Å². The minimum Gasteiger partial charge on any atom is -0.439 e. The van der Waals surface area contributed by atoms with Crippen molar-refractivity contribution in [3.05, 3.63) is 39.9 Å². The van der Waals surface area contributed by atoms with Crippen LogP contribution in [0.3, 0.4) is 0 Å². The van der Waals surface area contributed by atoms with Crippen LogP contribution in [0.25, 0.3) is 0 Å². The Morgan fingerprint density at radius 3 is 2.67 bits per heavy atom. The predicted octanol–water partition coefficient (Wildman–Crippen LogP) is 3.25. The van der Waals surface area contributed by atoms with Crippen LogP contribution in [0.15, 0.2) is 29.4 Å². The van der Waals surface area contributed by atoms with Gasteiger partial charge >= 0.3 is 0 Å². The van der Waals surface area contributed by atoms with Crippen molar-refractivity contribution < 1.29 is 9.66 Å².